The van der Waals surface area contributed by atoms with Crippen molar-refractivity contribution in [2.24, 2.45) is 5.92 Å². The molecular formula is C20H21Cl2N3O. The van der Waals surface area contributed by atoms with Crippen molar-refractivity contribution in [3.63, 3.8) is 0 Å². The lowest BCUT2D eigenvalue weighted by molar-refractivity contribution is -0.136. The van der Waals surface area contributed by atoms with Crippen LogP contribution in [0.1, 0.15) is 43.7 Å². The second-order valence-corrected chi connectivity index (χ2v) is 8.06. The van der Waals surface area contributed by atoms with Gasteiger partial charge in [-0.15, -0.1) is 0 Å². The van der Waals surface area contributed by atoms with Crippen molar-refractivity contribution in [3.05, 3.63) is 46.2 Å². The lowest BCUT2D eigenvalue weighted by Crippen LogP contribution is -2.49. The Morgan fingerprint density at radius 2 is 1.85 bits per heavy atom. The molecule has 2 fully saturated rings. The summed E-state index contributed by atoms with van der Waals surface area (Å²) in [5.41, 5.74) is 1.65. The fourth-order valence-corrected chi connectivity index (χ4v) is 4.28. The van der Waals surface area contributed by atoms with Crippen LogP contribution >= 0.6 is 23.2 Å². The molecule has 0 bridgehead atoms. The largest absolute Gasteiger partial charge is 0.341 e. The molecule has 136 valence electrons. The number of amides is 1. The zero-order valence-electron chi connectivity index (χ0n) is 14.5. The van der Waals surface area contributed by atoms with E-state index < -0.39 is 0 Å². The molecule has 2 heterocycles. The van der Waals surface area contributed by atoms with Crippen molar-refractivity contribution < 1.29 is 4.79 Å². The van der Waals surface area contributed by atoms with E-state index in [0.717, 1.165) is 11.3 Å². The number of likely N-dealkylation sites (tertiary alicyclic amines) is 1. The molecule has 2 aromatic rings. The van der Waals surface area contributed by atoms with Crippen molar-refractivity contribution in [1.82, 2.24) is 14.9 Å². The number of benzene rings is 1. The van der Waals surface area contributed by atoms with Gasteiger partial charge >= 0.3 is 0 Å². The fraction of sp³-hybridized carbons (Fsp3) is 0.450. The van der Waals surface area contributed by atoms with Crippen LogP contribution in [-0.2, 0) is 4.79 Å². The van der Waals surface area contributed by atoms with Crippen molar-refractivity contribution in [2.45, 2.75) is 38.0 Å². The Kier molecular flexibility index (Phi) is 5.14. The van der Waals surface area contributed by atoms with Crippen molar-refractivity contribution in [3.8, 4) is 11.4 Å². The van der Waals surface area contributed by atoms with Gasteiger partial charge in [-0.05, 0) is 37.0 Å². The molecule has 0 unspecified atom stereocenters. The SMILES string of the molecule is O=C(CC1CCCC1)N1CC(c2cc(Cl)nc(-c3ccccc3Cl)n2)C1. The summed E-state index contributed by atoms with van der Waals surface area (Å²) in [6.07, 6.45) is 5.63. The van der Waals surface area contributed by atoms with Gasteiger partial charge in [0.05, 0.1) is 10.7 Å². The smallest absolute Gasteiger partial charge is 0.222 e. The van der Waals surface area contributed by atoms with Gasteiger partial charge in [0.25, 0.3) is 0 Å². The summed E-state index contributed by atoms with van der Waals surface area (Å²) < 4.78 is 0. The molecule has 1 amide bonds. The number of carbonyl (C=O) groups is 1. The first kappa shape index (κ1) is 17.7. The Hall–Kier alpha value is -1.65. The first-order valence-electron chi connectivity index (χ1n) is 9.17. The summed E-state index contributed by atoms with van der Waals surface area (Å²) in [7, 11) is 0. The van der Waals surface area contributed by atoms with Crippen molar-refractivity contribution in [1.29, 1.82) is 0 Å². The van der Waals surface area contributed by atoms with Gasteiger partial charge in [-0.1, -0.05) is 48.2 Å². The normalized spacial score (nSPS) is 18.2. The highest BCUT2D eigenvalue weighted by molar-refractivity contribution is 6.33. The summed E-state index contributed by atoms with van der Waals surface area (Å²) in [6, 6.07) is 9.27. The molecule has 0 radical (unpaired) electrons. The molecule has 0 N–H and O–H groups in total. The number of carbonyl (C=O) groups excluding carboxylic acids is 1. The molecule has 6 heteroatoms. The molecule has 1 saturated carbocycles. The van der Waals surface area contributed by atoms with Crippen LogP contribution in [0.5, 0.6) is 0 Å². The van der Waals surface area contributed by atoms with Crippen LogP contribution in [0.25, 0.3) is 11.4 Å². The van der Waals surface area contributed by atoms with Crippen molar-refractivity contribution >= 4 is 29.1 Å². The summed E-state index contributed by atoms with van der Waals surface area (Å²) in [5.74, 6) is 1.61. The Morgan fingerprint density at radius 3 is 2.58 bits per heavy atom. The second kappa shape index (κ2) is 7.53. The lowest BCUT2D eigenvalue weighted by Gasteiger charge is -2.39. The third-order valence-electron chi connectivity index (χ3n) is 5.42. The number of rotatable bonds is 4. The highest BCUT2D eigenvalue weighted by atomic mass is 35.5. The van der Waals surface area contributed by atoms with E-state index in [-0.39, 0.29) is 11.8 Å². The maximum atomic E-state index is 12.4. The number of aromatic nitrogens is 2. The van der Waals surface area contributed by atoms with Crippen molar-refractivity contribution in [2.75, 3.05) is 13.1 Å². The lowest BCUT2D eigenvalue weighted by atomic mass is 9.94. The molecular weight excluding hydrogens is 369 g/mol. The fourth-order valence-electron chi connectivity index (χ4n) is 3.87. The van der Waals surface area contributed by atoms with Gasteiger partial charge in [-0.3, -0.25) is 4.79 Å². The van der Waals surface area contributed by atoms with E-state index >= 15 is 0 Å². The average molecular weight is 390 g/mol. The van der Waals surface area contributed by atoms with Crippen LogP contribution in [0.3, 0.4) is 0 Å². The Morgan fingerprint density at radius 1 is 1.12 bits per heavy atom. The van der Waals surface area contributed by atoms with E-state index in [4.69, 9.17) is 23.2 Å². The van der Waals surface area contributed by atoms with Gasteiger partial charge in [0.1, 0.15) is 5.15 Å². The van der Waals surface area contributed by atoms with E-state index in [1.807, 2.05) is 29.2 Å². The van der Waals surface area contributed by atoms with E-state index in [1.54, 1.807) is 6.07 Å². The minimum Gasteiger partial charge on any atom is -0.341 e. The van der Waals surface area contributed by atoms with Crippen LogP contribution in [-0.4, -0.2) is 33.9 Å². The monoisotopic (exact) mass is 389 g/mol. The third kappa shape index (κ3) is 3.72. The van der Waals surface area contributed by atoms with E-state index in [9.17, 15) is 4.79 Å². The highest BCUT2D eigenvalue weighted by Gasteiger charge is 2.34. The summed E-state index contributed by atoms with van der Waals surface area (Å²) in [6.45, 7) is 1.42. The molecule has 1 aliphatic carbocycles. The molecule has 1 aromatic carbocycles. The molecule has 26 heavy (non-hydrogen) atoms. The van der Waals surface area contributed by atoms with Gasteiger partial charge in [0.15, 0.2) is 5.82 Å². The number of hydrogen-bond acceptors (Lipinski definition) is 3. The van der Waals surface area contributed by atoms with Crippen LogP contribution in [0.15, 0.2) is 30.3 Å². The first-order valence-corrected chi connectivity index (χ1v) is 9.93. The van der Waals surface area contributed by atoms with E-state index in [2.05, 4.69) is 9.97 Å². The second-order valence-electron chi connectivity index (χ2n) is 7.27. The number of halogens is 2. The van der Waals surface area contributed by atoms with Crippen LogP contribution in [0.4, 0.5) is 0 Å². The summed E-state index contributed by atoms with van der Waals surface area (Å²) >= 11 is 12.5. The third-order valence-corrected chi connectivity index (χ3v) is 5.94. The average Bonchev–Trinajstić information content (AvgIpc) is 3.06. The van der Waals surface area contributed by atoms with E-state index in [0.29, 0.717) is 41.4 Å². The Labute approximate surface area is 163 Å². The van der Waals surface area contributed by atoms with Gasteiger partial charge < -0.3 is 4.90 Å². The quantitative estimate of drug-likeness (QED) is 0.694. The Balaban J connectivity index is 1.44. The standard InChI is InChI=1S/C20H21Cl2N3O/c21-16-8-4-3-7-15(16)20-23-17(10-18(22)24-20)14-11-25(12-14)19(26)9-13-5-1-2-6-13/h3-4,7-8,10,13-14H,1-2,5-6,9,11-12H2. The highest BCUT2D eigenvalue weighted by Crippen LogP contribution is 2.33. The number of nitrogens with zero attached hydrogens (tertiary/aromatic N) is 3. The van der Waals surface area contributed by atoms with E-state index in [1.165, 1.54) is 25.7 Å². The van der Waals surface area contributed by atoms with Gasteiger partial charge in [0, 0.05) is 31.0 Å². The summed E-state index contributed by atoms with van der Waals surface area (Å²) in [5, 5.41) is 1.00. The molecule has 2 aliphatic rings. The molecule has 4 rings (SSSR count). The molecule has 4 nitrogen and oxygen atoms in total. The van der Waals surface area contributed by atoms with Gasteiger partial charge in [-0.2, -0.15) is 0 Å². The predicted octanol–water partition coefficient (Wildman–Crippen LogP) is 4.96. The predicted molar refractivity (Wildman–Crippen MR) is 103 cm³/mol. The maximum Gasteiger partial charge on any atom is 0.222 e. The molecule has 1 aliphatic heterocycles. The first-order chi connectivity index (χ1) is 12.6. The molecule has 0 spiro atoms. The van der Waals surface area contributed by atoms with Crippen LogP contribution in [0.2, 0.25) is 10.2 Å². The molecule has 0 atom stereocenters. The van der Waals surface area contributed by atoms with Gasteiger partial charge in [-0.25, -0.2) is 9.97 Å². The number of hydrogen-bond donors (Lipinski definition) is 0. The van der Waals surface area contributed by atoms with Crippen LogP contribution < -0.4 is 0 Å². The minimum absolute atomic E-state index is 0.212. The molecule has 1 aromatic heterocycles. The molecule has 1 saturated heterocycles. The summed E-state index contributed by atoms with van der Waals surface area (Å²) in [4.78, 5) is 23.3. The maximum absolute atomic E-state index is 12.4. The Bertz CT molecular complexity index is 814. The minimum atomic E-state index is 0.212. The zero-order valence-corrected chi connectivity index (χ0v) is 16.0. The topological polar surface area (TPSA) is 46.1 Å². The van der Waals surface area contributed by atoms with Gasteiger partial charge in [0.2, 0.25) is 5.91 Å². The van der Waals surface area contributed by atoms with Crippen LogP contribution in [0, 0.1) is 5.92 Å². The zero-order chi connectivity index (χ0) is 18.1.